The van der Waals surface area contributed by atoms with Gasteiger partial charge in [0.1, 0.15) is 5.82 Å². The molecule has 0 bridgehead atoms. The predicted octanol–water partition coefficient (Wildman–Crippen LogP) is 1.08. The number of nitro groups is 1. The van der Waals surface area contributed by atoms with Gasteiger partial charge in [0.15, 0.2) is 4.90 Å². The van der Waals surface area contributed by atoms with E-state index in [4.69, 9.17) is 5.11 Å². The number of carboxylic acids is 1. The lowest BCUT2D eigenvalue weighted by Gasteiger charge is -2.19. The maximum Gasteiger partial charge on any atom is 0.307 e. The monoisotopic (exact) mass is 320 g/mol. The fraction of sp³-hybridized carbons (Fsp3) is 0.364. The van der Waals surface area contributed by atoms with Crippen LogP contribution in [0.3, 0.4) is 0 Å². The number of nitrogens with zero attached hydrogens (tertiary/aromatic N) is 2. The molecule has 0 radical (unpaired) electrons. The molecule has 0 saturated carbocycles. The van der Waals surface area contributed by atoms with Gasteiger partial charge < -0.3 is 5.11 Å². The van der Waals surface area contributed by atoms with E-state index in [1.807, 2.05) is 0 Å². The number of halogens is 1. The molecule has 0 amide bonds. The minimum Gasteiger partial charge on any atom is -0.481 e. The van der Waals surface area contributed by atoms with Crippen LogP contribution in [0.4, 0.5) is 10.1 Å². The number of hydrogen-bond acceptors (Lipinski definition) is 5. The van der Waals surface area contributed by atoms with E-state index < -0.39 is 49.8 Å². The number of hydrogen-bond donors (Lipinski definition) is 1. The first-order valence-electron chi connectivity index (χ1n) is 5.71. The number of aliphatic carboxylic acids is 1. The van der Waals surface area contributed by atoms with Gasteiger partial charge in [-0.3, -0.25) is 14.9 Å². The molecule has 0 aliphatic carbocycles. The van der Waals surface area contributed by atoms with Crippen LogP contribution in [0.2, 0.25) is 0 Å². The summed E-state index contributed by atoms with van der Waals surface area (Å²) in [6.45, 7) is 0.827. The average molecular weight is 320 g/mol. The molecule has 1 rings (SSSR count). The van der Waals surface area contributed by atoms with Gasteiger partial charge in [0.2, 0.25) is 0 Å². The minimum atomic E-state index is -4.52. The normalized spacial score (nSPS) is 13.1. The highest BCUT2D eigenvalue weighted by Crippen LogP contribution is 2.28. The van der Waals surface area contributed by atoms with Crippen LogP contribution < -0.4 is 0 Å². The molecule has 0 aliphatic heterocycles. The second kappa shape index (κ2) is 6.14. The number of sulfonamides is 1. The molecule has 116 valence electrons. The van der Waals surface area contributed by atoms with Crippen molar-refractivity contribution in [3.63, 3.8) is 0 Å². The summed E-state index contributed by atoms with van der Waals surface area (Å²) in [5, 5.41) is 19.6. The van der Waals surface area contributed by atoms with Crippen molar-refractivity contribution in [3.8, 4) is 0 Å². The summed E-state index contributed by atoms with van der Waals surface area (Å²) in [4.78, 5) is 19.5. The molecule has 21 heavy (non-hydrogen) atoms. The lowest BCUT2D eigenvalue weighted by Crippen LogP contribution is -2.34. The first-order valence-corrected chi connectivity index (χ1v) is 7.15. The Labute approximate surface area is 120 Å². The summed E-state index contributed by atoms with van der Waals surface area (Å²) >= 11 is 0. The van der Waals surface area contributed by atoms with Crippen molar-refractivity contribution in [2.45, 2.75) is 11.8 Å². The maximum atomic E-state index is 13.7. The van der Waals surface area contributed by atoms with Crippen molar-refractivity contribution in [2.24, 2.45) is 5.92 Å². The molecule has 8 nitrogen and oxygen atoms in total. The van der Waals surface area contributed by atoms with E-state index in [1.54, 1.807) is 0 Å². The summed E-state index contributed by atoms with van der Waals surface area (Å²) in [7, 11) is -3.49. The van der Waals surface area contributed by atoms with Crippen LogP contribution >= 0.6 is 0 Å². The summed E-state index contributed by atoms with van der Waals surface area (Å²) in [5.41, 5.74) is -0.898. The first-order chi connectivity index (χ1) is 9.59. The minimum absolute atomic E-state index is 0.441. The van der Waals surface area contributed by atoms with Crippen molar-refractivity contribution < 1.29 is 27.6 Å². The fourth-order valence-corrected chi connectivity index (χ4v) is 3.07. The zero-order valence-electron chi connectivity index (χ0n) is 11.2. The molecule has 0 spiro atoms. The number of carboxylic acid groups (broad SMARTS) is 1. The Balaban J connectivity index is 3.32. The highest BCUT2D eigenvalue weighted by atomic mass is 32.2. The maximum absolute atomic E-state index is 13.7. The van der Waals surface area contributed by atoms with Gasteiger partial charge >= 0.3 is 5.97 Å². The largest absolute Gasteiger partial charge is 0.481 e. The lowest BCUT2D eigenvalue weighted by atomic mass is 10.2. The third-order valence-corrected chi connectivity index (χ3v) is 4.65. The highest BCUT2D eigenvalue weighted by Gasteiger charge is 2.34. The van der Waals surface area contributed by atoms with Crippen LogP contribution in [0, 0.1) is 21.8 Å². The van der Waals surface area contributed by atoms with E-state index in [-0.39, 0.29) is 0 Å². The van der Waals surface area contributed by atoms with Gasteiger partial charge in [-0.15, -0.1) is 0 Å². The van der Waals surface area contributed by atoms with Crippen molar-refractivity contribution in [1.82, 2.24) is 4.31 Å². The van der Waals surface area contributed by atoms with Crippen LogP contribution in [-0.2, 0) is 14.8 Å². The van der Waals surface area contributed by atoms with Gasteiger partial charge in [-0.1, -0.05) is 13.0 Å². The summed E-state index contributed by atoms with van der Waals surface area (Å²) in [6.07, 6.45) is 0. The lowest BCUT2D eigenvalue weighted by molar-refractivity contribution is -0.388. The zero-order valence-corrected chi connectivity index (χ0v) is 12.0. The zero-order chi connectivity index (χ0) is 16.4. The number of carbonyl (C=O) groups is 1. The fourth-order valence-electron chi connectivity index (χ4n) is 1.61. The molecule has 1 N–H and O–H groups in total. The number of rotatable bonds is 6. The van der Waals surface area contributed by atoms with Crippen molar-refractivity contribution in [3.05, 3.63) is 34.1 Å². The molecule has 0 fully saturated rings. The van der Waals surface area contributed by atoms with E-state index in [0.717, 1.165) is 25.2 Å². The van der Waals surface area contributed by atoms with E-state index in [9.17, 15) is 27.7 Å². The van der Waals surface area contributed by atoms with Crippen molar-refractivity contribution >= 4 is 21.7 Å². The van der Waals surface area contributed by atoms with Gasteiger partial charge in [0.05, 0.1) is 10.8 Å². The predicted molar refractivity (Wildman–Crippen MR) is 69.7 cm³/mol. The smallest absolute Gasteiger partial charge is 0.307 e. The summed E-state index contributed by atoms with van der Waals surface area (Å²) < 4.78 is 38.8. The topological polar surface area (TPSA) is 118 Å². The molecule has 0 aromatic heterocycles. The molecular weight excluding hydrogens is 307 g/mol. The van der Waals surface area contributed by atoms with Gasteiger partial charge in [0, 0.05) is 19.7 Å². The van der Waals surface area contributed by atoms with E-state index in [2.05, 4.69) is 0 Å². The third kappa shape index (κ3) is 3.52. The van der Waals surface area contributed by atoms with Crippen molar-refractivity contribution in [1.29, 1.82) is 0 Å². The van der Waals surface area contributed by atoms with E-state index in [1.165, 1.54) is 6.92 Å². The quantitative estimate of drug-likeness (QED) is 0.619. The SMILES string of the molecule is CC(CN(C)S(=O)(=O)c1c(F)cccc1[N+](=O)[O-])C(=O)O. The first kappa shape index (κ1) is 17.0. The second-order valence-corrected chi connectivity index (χ2v) is 6.35. The van der Waals surface area contributed by atoms with Gasteiger partial charge in [-0.05, 0) is 6.07 Å². The van der Waals surface area contributed by atoms with Crippen LogP contribution in [0.25, 0.3) is 0 Å². The standard InChI is InChI=1S/C11H13FN2O6S/c1-7(11(15)16)6-13(2)21(19,20)10-8(12)4-3-5-9(10)14(17)18/h3-5,7H,6H2,1-2H3,(H,15,16). The molecule has 1 unspecified atom stereocenters. The second-order valence-electron chi connectivity index (χ2n) is 4.37. The Morgan fingerprint density at radius 3 is 2.57 bits per heavy atom. The van der Waals surface area contributed by atoms with Gasteiger partial charge in [0.25, 0.3) is 15.7 Å². The molecule has 10 heteroatoms. The Hall–Kier alpha value is -2.07. The Morgan fingerprint density at radius 1 is 1.52 bits per heavy atom. The molecule has 0 saturated heterocycles. The van der Waals surface area contributed by atoms with Crippen LogP contribution in [0.15, 0.2) is 23.1 Å². The Kier molecular flexibility index (Phi) is 4.97. The van der Waals surface area contributed by atoms with Gasteiger partial charge in [-0.2, -0.15) is 4.31 Å². The van der Waals surface area contributed by atoms with Crippen LogP contribution in [0.5, 0.6) is 0 Å². The Bertz CT molecular complexity index is 675. The number of benzene rings is 1. The van der Waals surface area contributed by atoms with E-state index in [0.29, 0.717) is 4.31 Å². The van der Waals surface area contributed by atoms with Gasteiger partial charge in [-0.25, -0.2) is 12.8 Å². The third-order valence-electron chi connectivity index (χ3n) is 2.76. The van der Waals surface area contributed by atoms with Crippen molar-refractivity contribution in [2.75, 3.05) is 13.6 Å². The molecule has 1 aromatic rings. The average Bonchev–Trinajstić information content (AvgIpc) is 2.37. The molecule has 0 heterocycles. The highest BCUT2D eigenvalue weighted by molar-refractivity contribution is 7.89. The van der Waals surface area contributed by atoms with Crippen LogP contribution in [-0.4, -0.2) is 42.3 Å². The molecule has 1 atom stereocenters. The molecule has 0 aliphatic rings. The molecule has 1 aromatic carbocycles. The summed E-state index contributed by atoms with van der Waals surface area (Å²) in [6, 6.07) is 2.67. The van der Waals surface area contributed by atoms with Crippen LogP contribution in [0.1, 0.15) is 6.92 Å². The summed E-state index contributed by atoms with van der Waals surface area (Å²) in [5.74, 6) is -3.55. The number of nitro benzene ring substituents is 1. The Morgan fingerprint density at radius 2 is 2.10 bits per heavy atom. The van der Waals surface area contributed by atoms with E-state index >= 15 is 0 Å². The molecular formula is C11H13FN2O6S.